The van der Waals surface area contributed by atoms with Crippen molar-refractivity contribution >= 4 is 35.1 Å². The second-order valence-corrected chi connectivity index (χ2v) is 9.10. The number of urea groups is 1. The fraction of sp³-hybridized carbons (Fsp3) is 0.259. The van der Waals surface area contributed by atoms with Crippen molar-refractivity contribution in [1.29, 1.82) is 0 Å². The first-order chi connectivity index (χ1) is 17.6. The summed E-state index contributed by atoms with van der Waals surface area (Å²) in [5.74, 6) is -0.999. The fourth-order valence-corrected chi connectivity index (χ4v) is 3.26. The first kappa shape index (κ1) is 27.1. The zero-order valence-corrected chi connectivity index (χ0v) is 21.2. The lowest BCUT2D eigenvalue weighted by Gasteiger charge is -2.21. The number of nitrogens with one attached hydrogen (secondary N) is 3. The van der Waals surface area contributed by atoms with Crippen LogP contribution in [-0.4, -0.2) is 40.1 Å². The summed E-state index contributed by atoms with van der Waals surface area (Å²) in [6.07, 6.45) is 0.856. The van der Waals surface area contributed by atoms with E-state index >= 15 is 0 Å². The second kappa shape index (κ2) is 12.0. The van der Waals surface area contributed by atoms with Crippen LogP contribution < -0.4 is 16.0 Å². The van der Waals surface area contributed by atoms with E-state index in [1.54, 1.807) is 70.2 Å². The van der Waals surface area contributed by atoms with Gasteiger partial charge in [0.15, 0.2) is 0 Å². The highest BCUT2D eigenvalue weighted by atomic mass is 19.1. The number of carbonyl (C=O) groups is 3. The minimum atomic E-state index is -0.667. The zero-order valence-electron chi connectivity index (χ0n) is 21.2. The molecule has 0 atom stereocenters. The molecule has 1 heterocycles. The van der Waals surface area contributed by atoms with Crippen LogP contribution in [0.3, 0.4) is 0 Å². The molecule has 37 heavy (non-hydrogen) atoms. The first-order valence-corrected chi connectivity index (χ1v) is 11.7. The molecular formula is C27H30FN5O4. The number of nitrogens with zero attached hydrogens (tertiary/aromatic N) is 2. The lowest BCUT2D eigenvalue weighted by molar-refractivity contribution is 0.0635. The topological polar surface area (TPSA) is 113 Å². The maximum absolute atomic E-state index is 13.9. The van der Waals surface area contributed by atoms with Crippen molar-refractivity contribution in [1.82, 2.24) is 9.88 Å². The number of ether oxygens (including phenoxy) is 1. The molecule has 4 amide bonds. The van der Waals surface area contributed by atoms with E-state index < -0.39 is 29.4 Å². The second-order valence-electron chi connectivity index (χ2n) is 9.10. The third kappa shape index (κ3) is 8.03. The van der Waals surface area contributed by atoms with Gasteiger partial charge in [0.2, 0.25) is 0 Å². The predicted molar refractivity (Wildman–Crippen MR) is 140 cm³/mol. The summed E-state index contributed by atoms with van der Waals surface area (Å²) in [4.78, 5) is 43.2. The van der Waals surface area contributed by atoms with E-state index in [-0.39, 0.29) is 17.9 Å². The third-order valence-electron chi connectivity index (χ3n) is 5.03. The molecule has 0 bridgehead atoms. The van der Waals surface area contributed by atoms with Gasteiger partial charge in [0.25, 0.3) is 5.91 Å². The van der Waals surface area contributed by atoms with Gasteiger partial charge in [-0.15, -0.1) is 0 Å². The highest BCUT2D eigenvalue weighted by molar-refractivity contribution is 6.05. The quantitative estimate of drug-likeness (QED) is 0.370. The normalized spacial score (nSPS) is 10.8. The Morgan fingerprint density at radius 3 is 2.08 bits per heavy atom. The zero-order chi connectivity index (χ0) is 27.0. The van der Waals surface area contributed by atoms with Crippen LogP contribution >= 0.6 is 0 Å². The number of para-hydroxylation sites is 3. The number of hydrogen-bond donors (Lipinski definition) is 3. The minimum Gasteiger partial charge on any atom is -0.444 e. The Bertz CT molecular complexity index is 1260. The van der Waals surface area contributed by atoms with E-state index in [0.717, 1.165) is 0 Å². The molecule has 0 spiro atoms. The van der Waals surface area contributed by atoms with E-state index in [2.05, 4.69) is 20.9 Å². The van der Waals surface area contributed by atoms with Gasteiger partial charge in [-0.05, 0) is 63.6 Å². The van der Waals surface area contributed by atoms with Gasteiger partial charge in [-0.3, -0.25) is 15.1 Å². The van der Waals surface area contributed by atoms with Crippen molar-refractivity contribution in [2.24, 2.45) is 0 Å². The Hall–Kier alpha value is -4.47. The largest absolute Gasteiger partial charge is 0.444 e. The first-order valence-electron chi connectivity index (χ1n) is 11.7. The number of hydrogen-bond acceptors (Lipinski definition) is 5. The molecule has 0 radical (unpaired) electrons. The number of pyridine rings is 1. The summed E-state index contributed by atoms with van der Waals surface area (Å²) in [7, 11) is 0. The third-order valence-corrected chi connectivity index (χ3v) is 5.03. The molecule has 0 saturated carbocycles. The summed E-state index contributed by atoms with van der Waals surface area (Å²) in [6.45, 7) is 7.66. The Labute approximate surface area is 215 Å². The molecule has 0 saturated heterocycles. The van der Waals surface area contributed by atoms with Crippen LogP contribution in [0.5, 0.6) is 0 Å². The monoisotopic (exact) mass is 507 g/mol. The molecular weight excluding hydrogens is 477 g/mol. The van der Waals surface area contributed by atoms with Gasteiger partial charge in [0.05, 0.1) is 17.1 Å². The van der Waals surface area contributed by atoms with E-state index in [1.165, 1.54) is 29.3 Å². The van der Waals surface area contributed by atoms with Crippen molar-refractivity contribution in [2.45, 2.75) is 39.8 Å². The molecule has 0 aliphatic rings. The standard InChI is InChI=1S/C27H30FN5O4/c1-5-33(25(35)31-20-11-7-6-10-19(20)28)17-18-14-15-23(29-16-18)24(34)30-21-12-8-9-13-22(21)32-26(36)37-27(2,3)4/h6-16H,5,17H2,1-4H3,(H,30,34)(H,31,35)(H,32,36). The van der Waals surface area contributed by atoms with E-state index in [4.69, 9.17) is 4.74 Å². The predicted octanol–water partition coefficient (Wildman–Crippen LogP) is 5.87. The lowest BCUT2D eigenvalue weighted by atomic mass is 10.2. The number of carbonyl (C=O) groups excluding carboxylic acids is 3. The smallest absolute Gasteiger partial charge is 0.412 e. The van der Waals surface area contributed by atoms with Crippen LogP contribution in [-0.2, 0) is 11.3 Å². The average molecular weight is 508 g/mol. The Kier molecular flexibility index (Phi) is 8.78. The number of aromatic nitrogens is 1. The number of anilines is 3. The number of benzene rings is 2. The van der Waals surface area contributed by atoms with Crippen LogP contribution in [0.15, 0.2) is 66.9 Å². The highest BCUT2D eigenvalue weighted by Gasteiger charge is 2.19. The average Bonchev–Trinajstić information content (AvgIpc) is 2.84. The van der Waals surface area contributed by atoms with Crippen LogP contribution in [0.4, 0.5) is 31.0 Å². The maximum atomic E-state index is 13.9. The van der Waals surface area contributed by atoms with Gasteiger partial charge in [0, 0.05) is 19.3 Å². The summed E-state index contributed by atoms with van der Waals surface area (Å²) < 4.78 is 19.1. The molecule has 9 nitrogen and oxygen atoms in total. The number of halogens is 1. The molecule has 0 unspecified atom stereocenters. The summed E-state index contributed by atoms with van der Waals surface area (Å²) >= 11 is 0. The van der Waals surface area contributed by atoms with Crippen LogP contribution in [0.2, 0.25) is 0 Å². The van der Waals surface area contributed by atoms with Crippen molar-refractivity contribution in [3.8, 4) is 0 Å². The van der Waals surface area contributed by atoms with Crippen molar-refractivity contribution in [3.05, 3.63) is 83.9 Å². The molecule has 10 heteroatoms. The molecule has 1 aromatic heterocycles. The molecule has 2 aromatic carbocycles. The van der Waals surface area contributed by atoms with Gasteiger partial charge in [-0.1, -0.05) is 30.3 Å². The van der Waals surface area contributed by atoms with Crippen LogP contribution in [0, 0.1) is 5.82 Å². The molecule has 3 N–H and O–H groups in total. The van der Waals surface area contributed by atoms with Gasteiger partial charge in [-0.2, -0.15) is 0 Å². The molecule has 3 aromatic rings. The lowest BCUT2D eigenvalue weighted by Crippen LogP contribution is -2.34. The SMILES string of the molecule is CCN(Cc1ccc(C(=O)Nc2ccccc2NC(=O)OC(C)(C)C)nc1)C(=O)Nc1ccccc1F. The van der Waals surface area contributed by atoms with E-state index in [1.807, 2.05) is 0 Å². The molecule has 0 aliphatic heterocycles. The van der Waals surface area contributed by atoms with Gasteiger partial charge >= 0.3 is 12.1 Å². The van der Waals surface area contributed by atoms with Crippen molar-refractivity contribution < 1.29 is 23.5 Å². The Morgan fingerprint density at radius 1 is 0.892 bits per heavy atom. The van der Waals surface area contributed by atoms with Crippen LogP contribution in [0.1, 0.15) is 43.7 Å². The summed E-state index contributed by atoms with van der Waals surface area (Å²) in [6, 6.07) is 15.4. The molecule has 194 valence electrons. The molecule has 0 fully saturated rings. The van der Waals surface area contributed by atoms with E-state index in [0.29, 0.717) is 23.5 Å². The summed E-state index contributed by atoms with van der Waals surface area (Å²) in [5, 5.41) is 7.92. The van der Waals surface area contributed by atoms with Crippen LogP contribution in [0.25, 0.3) is 0 Å². The maximum Gasteiger partial charge on any atom is 0.412 e. The number of rotatable bonds is 7. The molecule has 3 rings (SSSR count). The highest BCUT2D eigenvalue weighted by Crippen LogP contribution is 2.23. The van der Waals surface area contributed by atoms with Crippen molar-refractivity contribution in [2.75, 3.05) is 22.5 Å². The van der Waals surface area contributed by atoms with Crippen molar-refractivity contribution in [3.63, 3.8) is 0 Å². The van der Waals surface area contributed by atoms with E-state index in [9.17, 15) is 18.8 Å². The van der Waals surface area contributed by atoms with Gasteiger partial charge < -0.3 is 20.3 Å². The minimum absolute atomic E-state index is 0.0949. The number of amides is 4. The Morgan fingerprint density at radius 2 is 1.51 bits per heavy atom. The van der Waals surface area contributed by atoms with Gasteiger partial charge in [0.1, 0.15) is 17.1 Å². The molecule has 0 aliphatic carbocycles. The van der Waals surface area contributed by atoms with Gasteiger partial charge in [-0.25, -0.2) is 14.0 Å². The summed E-state index contributed by atoms with van der Waals surface area (Å²) in [5.41, 5.74) is 1.02. The fourth-order valence-electron chi connectivity index (χ4n) is 3.26. The Balaban J connectivity index is 1.63.